The quantitative estimate of drug-likeness (QED) is 0.619. The molecular formula is C21H22N6O4. The largest absolute Gasteiger partial charge is 0.493 e. The zero-order valence-corrected chi connectivity index (χ0v) is 17.2. The summed E-state index contributed by atoms with van der Waals surface area (Å²) in [5.41, 5.74) is 1.08. The van der Waals surface area contributed by atoms with Gasteiger partial charge < -0.3 is 20.1 Å². The lowest BCUT2D eigenvalue weighted by molar-refractivity contribution is 0.0931. The van der Waals surface area contributed by atoms with Crippen LogP contribution in [0.5, 0.6) is 11.5 Å². The third kappa shape index (κ3) is 4.10. The predicted molar refractivity (Wildman–Crippen MR) is 112 cm³/mol. The molecule has 10 heteroatoms. The number of ether oxygens (including phenoxy) is 2. The van der Waals surface area contributed by atoms with Gasteiger partial charge in [0, 0.05) is 31.9 Å². The molecule has 2 aromatic heterocycles. The predicted octanol–water partition coefficient (Wildman–Crippen LogP) is 0.792. The molecule has 0 saturated heterocycles. The van der Waals surface area contributed by atoms with Gasteiger partial charge in [0.15, 0.2) is 11.5 Å². The van der Waals surface area contributed by atoms with Gasteiger partial charge in [0.1, 0.15) is 12.2 Å². The Hall–Kier alpha value is -3.79. The molecular weight excluding hydrogens is 400 g/mol. The second-order valence-electron chi connectivity index (χ2n) is 6.86. The smallest absolute Gasteiger partial charge is 0.255 e. The summed E-state index contributed by atoms with van der Waals surface area (Å²) in [6.45, 7) is 1.44. The molecule has 10 nitrogen and oxygen atoms in total. The SMILES string of the molecule is COc1cccc(C(=O)NC2CNCCn3c2nc(-c2ccncn2)cc3=O)c1OC. The third-order valence-electron chi connectivity index (χ3n) is 5.01. The van der Waals surface area contributed by atoms with Gasteiger partial charge in [-0.2, -0.15) is 0 Å². The van der Waals surface area contributed by atoms with E-state index >= 15 is 0 Å². The van der Waals surface area contributed by atoms with Crippen molar-refractivity contribution in [3.8, 4) is 22.9 Å². The van der Waals surface area contributed by atoms with E-state index in [9.17, 15) is 9.59 Å². The molecule has 160 valence electrons. The fraction of sp³-hybridized carbons (Fsp3) is 0.286. The summed E-state index contributed by atoms with van der Waals surface area (Å²) in [5, 5.41) is 6.21. The molecule has 1 aliphatic rings. The van der Waals surface area contributed by atoms with E-state index < -0.39 is 6.04 Å². The van der Waals surface area contributed by atoms with E-state index in [0.717, 1.165) is 0 Å². The van der Waals surface area contributed by atoms with Gasteiger partial charge in [0.25, 0.3) is 11.5 Å². The number of rotatable bonds is 5. The van der Waals surface area contributed by atoms with Gasteiger partial charge in [-0.3, -0.25) is 14.2 Å². The molecule has 0 fully saturated rings. The molecule has 1 aliphatic heterocycles. The summed E-state index contributed by atoms with van der Waals surface area (Å²) < 4.78 is 12.2. The van der Waals surface area contributed by atoms with Crippen LogP contribution in [-0.2, 0) is 6.54 Å². The number of nitrogens with one attached hydrogen (secondary N) is 2. The normalized spacial score (nSPS) is 15.5. The molecule has 0 spiro atoms. The van der Waals surface area contributed by atoms with Crippen LogP contribution >= 0.6 is 0 Å². The van der Waals surface area contributed by atoms with Crippen LogP contribution in [0.2, 0.25) is 0 Å². The highest BCUT2D eigenvalue weighted by Gasteiger charge is 2.26. The molecule has 31 heavy (non-hydrogen) atoms. The highest BCUT2D eigenvalue weighted by molar-refractivity contribution is 5.98. The molecule has 4 rings (SSSR count). The van der Waals surface area contributed by atoms with Crippen molar-refractivity contribution in [2.45, 2.75) is 12.6 Å². The fourth-order valence-electron chi connectivity index (χ4n) is 3.53. The van der Waals surface area contributed by atoms with Crippen LogP contribution in [0.15, 0.2) is 47.7 Å². The van der Waals surface area contributed by atoms with Crippen LogP contribution in [0, 0.1) is 0 Å². The van der Waals surface area contributed by atoms with Gasteiger partial charge in [0.2, 0.25) is 0 Å². The number of hydrogen-bond donors (Lipinski definition) is 2. The Labute approximate surface area is 178 Å². The van der Waals surface area contributed by atoms with Crippen molar-refractivity contribution in [2.75, 3.05) is 27.3 Å². The number of aromatic nitrogens is 4. The Morgan fingerprint density at radius 2 is 2.10 bits per heavy atom. The van der Waals surface area contributed by atoms with Crippen molar-refractivity contribution in [2.24, 2.45) is 0 Å². The first kappa shape index (κ1) is 20.5. The van der Waals surface area contributed by atoms with E-state index in [0.29, 0.717) is 53.9 Å². The molecule has 2 N–H and O–H groups in total. The van der Waals surface area contributed by atoms with Gasteiger partial charge in [-0.25, -0.2) is 15.0 Å². The molecule has 1 aromatic carbocycles. The third-order valence-corrected chi connectivity index (χ3v) is 5.01. The van der Waals surface area contributed by atoms with Crippen molar-refractivity contribution in [3.05, 3.63) is 64.6 Å². The molecule has 3 heterocycles. The maximum atomic E-state index is 13.1. The summed E-state index contributed by atoms with van der Waals surface area (Å²) in [4.78, 5) is 38.7. The van der Waals surface area contributed by atoms with Gasteiger partial charge >= 0.3 is 0 Å². The Morgan fingerprint density at radius 3 is 2.84 bits per heavy atom. The zero-order chi connectivity index (χ0) is 21.8. The van der Waals surface area contributed by atoms with Crippen LogP contribution in [0.1, 0.15) is 22.2 Å². The Morgan fingerprint density at radius 1 is 1.23 bits per heavy atom. The first-order valence-corrected chi connectivity index (χ1v) is 9.73. The summed E-state index contributed by atoms with van der Waals surface area (Å²) in [6, 6.07) is 7.67. The first-order chi connectivity index (χ1) is 15.1. The lowest BCUT2D eigenvalue weighted by Crippen LogP contribution is -2.37. The highest BCUT2D eigenvalue weighted by atomic mass is 16.5. The van der Waals surface area contributed by atoms with Crippen molar-refractivity contribution in [3.63, 3.8) is 0 Å². The second kappa shape index (κ2) is 8.92. The molecule has 0 aliphatic carbocycles. The minimum absolute atomic E-state index is 0.208. The molecule has 0 bridgehead atoms. The van der Waals surface area contributed by atoms with E-state index in [2.05, 4.69) is 25.6 Å². The van der Waals surface area contributed by atoms with Gasteiger partial charge in [-0.05, 0) is 18.2 Å². The van der Waals surface area contributed by atoms with E-state index in [1.807, 2.05) is 0 Å². The molecule has 3 aromatic rings. The summed E-state index contributed by atoms with van der Waals surface area (Å²) in [7, 11) is 2.99. The molecule has 1 atom stereocenters. The van der Waals surface area contributed by atoms with Crippen LogP contribution in [0.25, 0.3) is 11.4 Å². The molecule has 1 unspecified atom stereocenters. The second-order valence-corrected chi connectivity index (χ2v) is 6.86. The Kier molecular flexibility index (Phi) is 5.89. The minimum atomic E-state index is -0.541. The molecule has 0 saturated carbocycles. The summed E-state index contributed by atoms with van der Waals surface area (Å²) in [6.07, 6.45) is 2.99. The number of carbonyl (C=O) groups excluding carboxylic acids is 1. The maximum Gasteiger partial charge on any atom is 0.255 e. The van der Waals surface area contributed by atoms with Gasteiger partial charge in [-0.15, -0.1) is 0 Å². The maximum absolute atomic E-state index is 13.1. The standard InChI is InChI=1S/C21H22N6O4/c1-30-17-5-3-4-13(19(17)31-2)21(29)26-16-11-22-8-9-27-18(28)10-15(25-20(16)27)14-6-7-23-12-24-14/h3-7,10,12,16,22H,8-9,11H2,1-2H3,(H,26,29). The lowest BCUT2D eigenvalue weighted by atomic mass is 10.1. The van der Waals surface area contributed by atoms with Crippen molar-refractivity contribution in [1.29, 1.82) is 0 Å². The summed E-state index contributed by atoms with van der Waals surface area (Å²) in [5.74, 6) is 0.887. The van der Waals surface area contributed by atoms with Crippen molar-refractivity contribution >= 4 is 5.91 Å². The number of hydrogen-bond acceptors (Lipinski definition) is 8. The number of para-hydroxylation sites is 1. The van der Waals surface area contributed by atoms with E-state index in [1.165, 1.54) is 26.6 Å². The number of amides is 1. The van der Waals surface area contributed by atoms with Crippen LogP contribution in [-0.4, -0.2) is 52.7 Å². The number of carbonyl (C=O) groups is 1. The Balaban J connectivity index is 1.72. The lowest BCUT2D eigenvalue weighted by Gasteiger charge is -2.20. The number of methoxy groups -OCH3 is 2. The van der Waals surface area contributed by atoms with Crippen molar-refractivity contribution in [1.82, 2.24) is 30.2 Å². The van der Waals surface area contributed by atoms with E-state index in [4.69, 9.17) is 9.47 Å². The molecule has 1 amide bonds. The van der Waals surface area contributed by atoms with Gasteiger partial charge in [0.05, 0.1) is 37.2 Å². The van der Waals surface area contributed by atoms with Crippen LogP contribution in [0.4, 0.5) is 0 Å². The van der Waals surface area contributed by atoms with Crippen molar-refractivity contribution < 1.29 is 14.3 Å². The average molecular weight is 422 g/mol. The van der Waals surface area contributed by atoms with Crippen LogP contribution in [0.3, 0.4) is 0 Å². The number of nitrogens with zero attached hydrogens (tertiary/aromatic N) is 4. The average Bonchev–Trinajstić information content (AvgIpc) is 3.01. The highest BCUT2D eigenvalue weighted by Crippen LogP contribution is 2.31. The first-order valence-electron chi connectivity index (χ1n) is 9.73. The van der Waals surface area contributed by atoms with Crippen LogP contribution < -0.4 is 25.7 Å². The zero-order valence-electron chi connectivity index (χ0n) is 17.2. The van der Waals surface area contributed by atoms with E-state index in [-0.39, 0.29) is 11.5 Å². The van der Waals surface area contributed by atoms with Gasteiger partial charge in [-0.1, -0.05) is 6.07 Å². The summed E-state index contributed by atoms with van der Waals surface area (Å²) >= 11 is 0. The minimum Gasteiger partial charge on any atom is -0.493 e. The van der Waals surface area contributed by atoms with E-state index in [1.54, 1.807) is 35.0 Å². The Bertz CT molecular complexity index is 1150. The molecule has 0 radical (unpaired) electrons. The number of fused-ring (bicyclic) bond motifs is 1. The monoisotopic (exact) mass is 422 g/mol. The number of benzene rings is 1. The topological polar surface area (TPSA) is 120 Å². The fourth-order valence-corrected chi connectivity index (χ4v) is 3.53.